The first-order valence-electron chi connectivity index (χ1n) is 1.77. The summed E-state index contributed by atoms with van der Waals surface area (Å²) >= 11 is 12.1. The van der Waals surface area contributed by atoms with Crippen LogP contribution in [0.1, 0.15) is 0 Å². The molecule has 0 amide bonds. The van der Waals surface area contributed by atoms with E-state index in [-0.39, 0.29) is 5.15 Å². The normalized spacial score (nSPS) is 9.75. The Balaban J connectivity index is 3.14. The maximum absolute atomic E-state index is 5.47. The van der Waals surface area contributed by atoms with Crippen molar-refractivity contribution in [2.75, 3.05) is 5.73 Å². The van der Waals surface area contributed by atoms with Gasteiger partial charge in [0.15, 0.2) is 10.3 Å². The van der Waals surface area contributed by atoms with Crippen LogP contribution in [-0.2, 0) is 0 Å². The molecule has 1 aromatic heterocycles. The number of nitrogen functional groups attached to an aromatic ring is 1. The summed E-state index contributed by atoms with van der Waals surface area (Å²) in [7, 11) is 0. The number of hydrogen-bond donors (Lipinski definition) is 1. The van der Waals surface area contributed by atoms with Crippen LogP contribution in [0.25, 0.3) is 0 Å². The number of hydrogen-bond acceptors (Lipinski definition) is 3. The second-order valence-electron chi connectivity index (χ2n) is 1.12. The molecule has 0 unspecified atom stereocenters. The molecule has 44 valence electrons. The molecule has 0 spiro atoms. The Kier molecular flexibility index (Phi) is 1.60. The van der Waals surface area contributed by atoms with Gasteiger partial charge in [-0.15, -0.1) is 0 Å². The molecule has 1 rings (SSSR count). The minimum absolute atomic E-state index is 0.286. The number of nitrogens with zero attached hydrogens (tertiary/aromatic N) is 1. The maximum atomic E-state index is 5.47. The van der Waals surface area contributed by atoms with Gasteiger partial charge in [0.25, 0.3) is 0 Å². The first kappa shape index (κ1) is 6.13. The van der Waals surface area contributed by atoms with E-state index < -0.39 is 0 Å². The Bertz CT molecular complexity index is 178. The lowest BCUT2D eigenvalue weighted by atomic mass is 11.0. The second kappa shape index (κ2) is 2.09. The van der Waals surface area contributed by atoms with E-state index in [4.69, 9.17) is 28.9 Å². The minimum atomic E-state index is 0.286. The number of anilines is 1. The molecule has 0 bridgehead atoms. The van der Waals surface area contributed by atoms with Gasteiger partial charge in [-0.3, -0.25) is 0 Å². The lowest BCUT2D eigenvalue weighted by molar-refractivity contribution is 1.43. The molecule has 0 aromatic carbocycles. The average molecular weight is 169 g/mol. The third-order valence-corrected chi connectivity index (χ3v) is 2.13. The van der Waals surface area contributed by atoms with Crippen molar-refractivity contribution in [1.82, 2.24) is 4.98 Å². The Morgan fingerprint density at radius 2 is 2.12 bits per heavy atom. The summed E-state index contributed by atoms with van der Waals surface area (Å²) in [6, 6.07) is 0. The lowest BCUT2D eigenvalue weighted by Crippen LogP contribution is -1.78. The fourth-order valence-electron chi connectivity index (χ4n) is 0.297. The van der Waals surface area contributed by atoms with Gasteiger partial charge in [-0.1, -0.05) is 34.5 Å². The predicted molar refractivity (Wildman–Crippen MR) is 36.5 cm³/mol. The monoisotopic (exact) mass is 168 g/mol. The number of thiazole rings is 1. The van der Waals surface area contributed by atoms with Crippen molar-refractivity contribution in [1.29, 1.82) is 0 Å². The molecular weight excluding hydrogens is 167 g/mol. The molecule has 0 radical (unpaired) electrons. The van der Waals surface area contributed by atoms with E-state index in [1.54, 1.807) is 0 Å². The number of rotatable bonds is 0. The molecular formula is C3H2Cl2N2S. The highest BCUT2D eigenvalue weighted by atomic mass is 35.5. The van der Waals surface area contributed by atoms with Gasteiger partial charge in [0, 0.05) is 0 Å². The smallest absolute Gasteiger partial charge is 0.182 e. The van der Waals surface area contributed by atoms with E-state index in [0.717, 1.165) is 0 Å². The van der Waals surface area contributed by atoms with Crippen LogP contribution >= 0.6 is 34.5 Å². The predicted octanol–water partition coefficient (Wildman–Crippen LogP) is 2.03. The van der Waals surface area contributed by atoms with Crippen molar-refractivity contribution in [3.8, 4) is 0 Å². The van der Waals surface area contributed by atoms with Crippen molar-refractivity contribution in [3.63, 3.8) is 0 Å². The summed E-state index contributed by atoms with van der Waals surface area (Å²) in [4.78, 5) is 3.64. The molecule has 0 saturated heterocycles. The molecule has 2 N–H and O–H groups in total. The van der Waals surface area contributed by atoms with E-state index in [0.29, 0.717) is 9.47 Å². The Morgan fingerprint density at radius 3 is 2.25 bits per heavy atom. The summed E-state index contributed by atoms with van der Waals surface area (Å²) in [6.07, 6.45) is 0. The zero-order valence-electron chi connectivity index (χ0n) is 3.69. The molecule has 5 heteroatoms. The molecule has 0 saturated carbocycles. The van der Waals surface area contributed by atoms with Crippen molar-refractivity contribution in [3.05, 3.63) is 9.49 Å². The molecule has 1 heterocycles. The van der Waals surface area contributed by atoms with Crippen LogP contribution in [-0.4, -0.2) is 4.98 Å². The average Bonchev–Trinajstić information content (AvgIpc) is 1.85. The lowest BCUT2D eigenvalue weighted by Gasteiger charge is -1.71. The SMILES string of the molecule is Nc1nc(Cl)c(Cl)s1. The van der Waals surface area contributed by atoms with Crippen LogP contribution in [0, 0.1) is 0 Å². The van der Waals surface area contributed by atoms with Gasteiger partial charge in [-0.05, 0) is 0 Å². The van der Waals surface area contributed by atoms with Crippen LogP contribution in [0.5, 0.6) is 0 Å². The third-order valence-electron chi connectivity index (χ3n) is 0.565. The Morgan fingerprint density at radius 1 is 1.50 bits per heavy atom. The molecule has 0 aliphatic heterocycles. The zero-order chi connectivity index (χ0) is 6.15. The summed E-state index contributed by atoms with van der Waals surface area (Å²) in [5.41, 5.74) is 5.22. The minimum Gasteiger partial charge on any atom is -0.375 e. The number of aromatic nitrogens is 1. The second-order valence-corrected chi connectivity index (χ2v) is 3.11. The molecule has 8 heavy (non-hydrogen) atoms. The maximum Gasteiger partial charge on any atom is 0.182 e. The fraction of sp³-hybridized carbons (Fsp3) is 0. The van der Waals surface area contributed by atoms with Crippen LogP contribution in [0.15, 0.2) is 0 Å². The van der Waals surface area contributed by atoms with Crippen molar-refractivity contribution < 1.29 is 0 Å². The van der Waals surface area contributed by atoms with Crippen molar-refractivity contribution in [2.45, 2.75) is 0 Å². The summed E-state index contributed by atoms with van der Waals surface area (Å²) < 4.78 is 0.448. The van der Waals surface area contributed by atoms with Gasteiger partial charge in [0.05, 0.1) is 0 Å². The van der Waals surface area contributed by atoms with Crippen molar-refractivity contribution in [2.24, 2.45) is 0 Å². The Labute approximate surface area is 60.2 Å². The van der Waals surface area contributed by atoms with E-state index in [1.807, 2.05) is 0 Å². The van der Waals surface area contributed by atoms with Gasteiger partial charge >= 0.3 is 0 Å². The van der Waals surface area contributed by atoms with E-state index in [1.165, 1.54) is 11.3 Å². The quantitative estimate of drug-likeness (QED) is 0.645. The van der Waals surface area contributed by atoms with E-state index in [9.17, 15) is 0 Å². The highest BCUT2D eigenvalue weighted by Gasteiger charge is 2.01. The van der Waals surface area contributed by atoms with Gasteiger partial charge in [0.2, 0.25) is 0 Å². The molecule has 1 aromatic rings. The van der Waals surface area contributed by atoms with Gasteiger partial charge < -0.3 is 5.73 Å². The van der Waals surface area contributed by atoms with Crippen LogP contribution in [0.2, 0.25) is 9.49 Å². The third kappa shape index (κ3) is 1.05. The summed E-state index contributed by atoms with van der Waals surface area (Å²) in [5, 5.41) is 0.689. The molecule has 2 nitrogen and oxygen atoms in total. The topological polar surface area (TPSA) is 38.9 Å². The van der Waals surface area contributed by atoms with Crippen LogP contribution < -0.4 is 5.73 Å². The Hall–Kier alpha value is 0.01000. The first-order chi connectivity index (χ1) is 3.70. The standard InChI is InChI=1S/C3H2Cl2N2S/c4-1-2(5)8-3(6)7-1/h(H2,6,7). The molecule has 0 aliphatic carbocycles. The summed E-state index contributed by atoms with van der Waals surface area (Å²) in [5.74, 6) is 0. The number of halogens is 2. The molecule has 0 fully saturated rings. The number of nitrogens with two attached hydrogens (primary N) is 1. The van der Waals surface area contributed by atoms with Gasteiger partial charge in [-0.25, -0.2) is 4.98 Å². The summed E-state index contributed by atoms with van der Waals surface area (Å²) in [6.45, 7) is 0. The van der Waals surface area contributed by atoms with Gasteiger partial charge in [0.1, 0.15) is 4.34 Å². The first-order valence-corrected chi connectivity index (χ1v) is 3.34. The molecule has 0 aliphatic rings. The highest BCUT2D eigenvalue weighted by Crippen LogP contribution is 2.28. The van der Waals surface area contributed by atoms with Gasteiger partial charge in [-0.2, -0.15) is 0 Å². The van der Waals surface area contributed by atoms with Crippen LogP contribution in [0.4, 0.5) is 5.13 Å². The van der Waals surface area contributed by atoms with E-state index >= 15 is 0 Å². The fourth-order valence-corrected chi connectivity index (χ4v) is 1.28. The zero-order valence-corrected chi connectivity index (χ0v) is 6.02. The highest BCUT2D eigenvalue weighted by molar-refractivity contribution is 7.19. The molecule has 0 atom stereocenters. The van der Waals surface area contributed by atoms with Crippen molar-refractivity contribution >= 4 is 39.7 Å². The van der Waals surface area contributed by atoms with E-state index in [2.05, 4.69) is 4.98 Å². The largest absolute Gasteiger partial charge is 0.375 e. The van der Waals surface area contributed by atoms with Crippen LogP contribution in [0.3, 0.4) is 0 Å².